The second-order valence-electron chi connectivity index (χ2n) is 5.94. The van der Waals surface area contributed by atoms with E-state index in [-0.39, 0.29) is 24.4 Å². The van der Waals surface area contributed by atoms with Crippen molar-refractivity contribution >= 4 is 28.2 Å². The van der Waals surface area contributed by atoms with Gasteiger partial charge < -0.3 is 24.1 Å². The van der Waals surface area contributed by atoms with Crippen LogP contribution in [0.1, 0.15) is 25.8 Å². The Kier molecular flexibility index (Phi) is 4.55. The summed E-state index contributed by atoms with van der Waals surface area (Å²) >= 11 is 1.22. The maximum atomic E-state index is 12.7. The van der Waals surface area contributed by atoms with Gasteiger partial charge >= 0.3 is 0 Å². The summed E-state index contributed by atoms with van der Waals surface area (Å²) < 4.78 is 15.7. The first-order chi connectivity index (χ1) is 13.1. The molecule has 2 aromatic heterocycles. The fourth-order valence-electron chi connectivity index (χ4n) is 2.67. The lowest BCUT2D eigenvalue weighted by Gasteiger charge is -2.16. The van der Waals surface area contributed by atoms with E-state index in [0.717, 1.165) is 5.56 Å². The van der Waals surface area contributed by atoms with Gasteiger partial charge in [0.2, 0.25) is 6.79 Å². The number of rotatable bonds is 5. The average molecular weight is 384 g/mol. The molecule has 0 saturated heterocycles. The molecule has 138 valence electrons. The summed E-state index contributed by atoms with van der Waals surface area (Å²) in [5.41, 5.74) is 0.943. The number of nitrogens with one attached hydrogen (secondary N) is 1. The number of carbonyl (C=O) groups excluding carboxylic acids is 2. The Labute approximate surface area is 159 Å². The molecule has 0 fully saturated rings. The molecule has 3 aromatic rings. The summed E-state index contributed by atoms with van der Waals surface area (Å²) in [6, 6.07) is 12.2. The van der Waals surface area contributed by atoms with Crippen molar-refractivity contribution in [2.45, 2.75) is 6.54 Å². The number of ether oxygens (including phenoxy) is 2. The lowest BCUT2D eigenvalue weighted by molar-refractivity contribution is 0.0789. The number of furan rings is 1. The first-order valence-electron chi connectivity index (χ1n) is 8.19. The van der Waals surface area contributed by atoms with Gasteiger partial charge in [0, 0.05) is 13.6 Å². The van der Waals surface area contributed by atoms with Crippen molar-refractivity contribution in [1.29, 1.82) is 0 Å². The summed E-state index contributed by atoms with van der Waals surface area (Å²) in [6.07, 6.45) is 1.43. The second kappa shape index (κ2) is 7.16. The molecular formula is C19H16N2O5S. The van der Waals surface area contributed by atoms with E-state index in [0.29, 0.717) is 27.9 Å². The van der Waals surface area contributed by atoms with Crippen LogP contribution in [0, 0.1) is 0 Å². The maximum Gasteiger partial charge on any atom is 0.291 e. The van der Waals surface area contributed by atoms with Crippen LogP contribution in [0.25, 0.3) is 0 Å². The van der Waals surface area contributed by atoms with Gasteiger partial charge in [0.05, 0.1) is 16.1 Å². The van der Waals surface area contributed by atoms with Crippen molar-refractivity contribution in [3.63, 3.8) is 0 Å². The van der Waals surface area contributed by atoms with E-state index in [2.05, 4.69) is 5.32 Å². The molecule has 0 unspecified atom stereocenters. The Hall–Kier alpha value is -3.26. The van der Waals surface area contributed by atoms with Crippen molar-refractivity contribution in [3.8, 4) is 11.5 Å². The number of carbonyl (C=O) groups is 2. The third-order valence-corrected chi connectivity index (χ3v) is 4.99. The molecule has 0 atom stereocenters. The minimum atomic E-state index is -0.352. The largest absolute Gasteiger partial charge is 0.459 e. The van der Waals surface area contributed by atoms with Gasteiger partial charge in [0.25, 0.3) is 11.8 Å². The van der Waals surface area contributed by atoms with Crippen LogP contribution in [0.3, 0.4) is 0 Å². The molecule has 7 nitrogen and oxygen atoms in total. The van der Waals surface area contributed by atoms with Gasteiger partial charge in [-0.05, 0) is 42.0 Å². The summed E-state index contributed by atoms with van der Waals surface area (Å²) in [7, 11) is 1.73. The van der Waals surface area contributed by atoms with Crippen LogP contribution in [-0.4, -0.2) is 30.6 Å². The van der Waals surface area contributed by atoms with Gasteiger partial charge in [-0.2, -0.15) is 0 Å². The van der Waals surface area contributed by atoms with Crippen LogP contribution in [0.5, 0.6) is 11.5 Å². The highest BCUT2D eigenvalue weighted by molar-refractivity contribution is 7.18. The molecule has 0 spiro atoms. The second-order valence-corrected chi connectivity index (χ2v) is 7.03. The molecule has 1 aliphatic heterocycles. The molecule has 3 heterocycles. The van der Waals surface area contributed by atoms with Crippen LogP contribution < -0.4 is 14.8 Å². The molecule has 2 amide bonds. The quantitative estimate of drug-likeness (QED) is 0.727. The Bertz CT molecular complexity index is 980. The number of hydrogen-bond donors (Lipinski definition) is 1. The highest BCUT2D eigenvalue weighted by atomic mass is 32.1. The van der Waals surface area contributed by atoms with E-state index >= 15 is 0 Å². The number of fused-ring (bicyclic) bond motifs is 1. The third-order valence-electron chi connectivity index (χ3n) is 4.00. The molecule has 8 heteroatoms. The number of nitrogens with zero attached hydrogens (tertiary/aromatic N) is 1. The van der Waals surface area contributed by atoms with Crippen molar-refractivity contribution < 1.29 is 23.5 Å². The van der Waals surface area contributed by atoms with E-state index in [9.17, 15) is 9.59 Å². The Balaban J connectivity index is 1.40. The van der Waals surface area contributed by atoms with Crippen LogP contribution in [0.4, 0.5) is 5.00 Å². The van der Waals surface area contributed by atoms with Crippen molar-refractivity contribution in [2.75, 3.05) is 19.2 Å². The maximum absolute atomic E-state index is 12.7. The SMILES string of the molecule is CN(Cc1ccc2c(c1)OCO2)C(=O)c1ccc(NC(=O)c2ccco2)s1. The standard InChI is InChI=1S/C19H16N2O5S/c1-21(10-12-4-5-13-15(9-12)26-11-25-13)19(23)16-6-7-17(27-16)20-18(22)14-3-2-8-24-14/h2-9H,10-11H2,1H3,(H,20,22). The van der Waals surface area contributed by atoms with Crippen LogP contribution in [0.15, 0.2) is 53.1 Å². The molecule has 4 rings (SSSR count). The minimum Gasteiger partial charge on any atom is -0.459 e. The molecule has 27 heavy (non-hydrogen) atoms. The fraction of sp³-hybridized carbons (Fsp3) is 0.158. The van der Waals surface area contributed by atoms with E-state index < -0.39 is 0 Å². The summed E-state index contributed by atoms with van der Waals surface area (Å²) in [5.74, 6) is 1.14. The Morgan fingerprint density at radius 1 is 1.15 bits per heavy atom. The molecule has 1 aromatic carbocycles. The number of anilines is 1. The molecule has 1 N–H and O–H groups in total. The number of hydrogen-bond acceptors (Lipinski definition) is 6. The first kappa shape index (κ1) is 17.2. The van der Waals surface area contributed by atoms with Gasteiger partial charge in [0.15, 0.2) is 17.3 Å². The normalized spacial score (nSPS) is 12.0. The Morgan fingerprint density at radius 3 is 2.81 bits per heavy atom. The smallest absolute Gasteiger partial charge is 0.291 e. The van der Waals surface area contributed by atoms with E-state index in [4.69, 9.17) is 13.9 Å². The molecule has 0 saturated carbocycles. The topological polar surface area (TPSA) is 81.0 Å². The number of amides is 2. The summed E-state index contributed by atoms with van der Waals surface area (Å²) in [4.78, 5) is 26.8. The average Bonchev–Trinajstić information content (AvgIpc) is 3.41. The van der Waals surface area contributed by atoms with Crippen LogP contribution >= 0.6 is 11.3 Å². The van der Waals surface area contributed by atoms with Crippen LogP contribution in [0.2, 0.25) is 0 Å². The Morgan fingerprint density at radius 2 is 2.00 bits per heavy atom. The van der Waals surface area contributed by atoms with Crippen molar-refractivity contribution in [2.24, 2.45) is 0 Å². The predicted molar refractivity (Wildman–Crippen MR) is 99.3 cm³/mol. The number of benzene rings is 1. The zero-order valence-corrected chi connectivity index (χ0v) is 15.2. The molecule has 0 aliphatic carbocycles. The van der Waals surface area contributed by atoms with Gasteiger partial charge in [-0.1, -0.05) is 6.07 Å². The zero-order chi connectivity index (χ0) is 18.8. The van der Waals surface area contributed by atoms with Crippen molar-refractivity contribution in [3.05, 3.63) is 64.9 Å². The lowest BCUT2D eigenvalue weighted by Crippen LogP contribution is -2.25. The molecular weight excluding hydrogens is 368 g/mol. The fourth-order valence-corrected chi connectivity index (χ4v) is 3.57. The van der Waals surface area contributed by atoms with E-state index in [1.807, 2.05) is 18.2 Å². The first-order valence-corrected chi connectivity index (χ1v) is 9.00. The predicted octanol–water partition coefficient (Wildman–Crippen LogP) is 3.59. The molecule has 1 aliphatic rings. The lowest BCUT2D eigenvalue weighted by atomic mass is 10.2. The van der Waals surface area contributed by atoms with Gasteiger partial charge in [-0.25, -0.2) is 0 Å². The van der Waals surface area contributed by atoms with E-state index in [1.165, 1.54) is 17.6 Å². The van der Waals surface area contributed by atoms with Gasteiger partial charge in [-0.3, -0.25) is 9.59 Å². The molecule has 0 bridgehead atoms. The highest BCUT2D eigenvalue weighted by Crippen LogP contribution is 2.33. The minimum absolute atomic E-state index is 0.129. The van der Waals surface area contributed by atoms with Crippen LogP contribution in [-0.2, 0) is 6.54 Å². The van der Waals surface area contributed by atoms with Crippen molar-refractivity contribution in [1.82, 2.24) is 4.90 Å². The van der Waals surface area contributed by atoms with Gasteiger partial charge in [-0.15, -0.1) is 11.3 Å². The third kappa shape index (κ3) is 3.65. The zero-order valence-electron chi connectivity index (χ0n) is 14.4. The summed E-state index contributed by atoms with van der Waals surface area (Å²) in [6.45, 7) is 0.650. The van der Waals surface area contributed by atoms with E-state index in [1.54, 1.807) is 36.2 Å². The monoisotopic (exact) mass is 384 g/mol. The van der Waals surface area contributed by atoms with Gasteiger partial charge in [0.1, 0.15) is 0 Å². The molecule has 0 radical (unpaired) electrons. The summed E-state index contributed by atoms with van der Waals surface area (Å²) in [5, 5.41) is 3.30. The highest BCUT2D eigenvalue weighted by Gasteiger charge is 2.18. The number of thiophene rings is 1.